The second-order valence-electron chi connectivity index (χ2n) is 4.85. The van der Waals surface area contributed by atoms with E-state index in [9.17, 15) is 14.4 Å². The molecule has 8 nitrogen and oxygen atoms in total. The smallest absolute Gasteiger partial charge is 0.328 e. The van der Waals surface area contributed by atoms with Crippen LogP contribution in [0.15, 0.2) is 12.3 Å². The number of ether oxygens (including phenoxy) is 1. The van der Waals surface area contributed by atoms with E-state index in [4.69, 9.17) is 9.84 Å². The molecule has 1 amide bonds. The average molecular weight is 295 g/mol. The highest BCUT2D eigenvalue weighted by Gasteiger charge is 2.37. The minimum absolute atomic E-state index is 0.153. The minimum Gasteiger partial charge on any atom is -0.480 e. The summed E-state index contributed by atoms with van der Waals surface area (Å²) in [5.74, 6) is -1.95. The predicted octanol–water partition coefficient (Wildman–Crippen LogP) is 0.306. The van der Waals surface area contributed by atoms with Gasteiger partial charge in [0.05, 0.1) is 7.11 Å². The summed E-state index contributed by atoms with van der Waals surface area (Å²) in [7, 11) is 1.28. The van der Waals surface area contributed by atoms with E-state index in [1.165, 1.54) is 31.2 Å². The number of nitrogens with zero attached hydrogens (tertiary/aromatic N) is 3. The lowest BCUT2D eigenvalue weighted by atomic mass is 10.2. The highest BCUT2D eigenvalue weighted by molar-refractivity contribution is 5.96. The number of methoxy groups -OCH3 is 1. The lowest BCUT2D eigenvalue weighted by Gasteiger charge is -2.23. The third-order valence-corrected chi connectivity index (χ3v) is 3.60. The molecule has 2 atom stereocenters. The lowest BCUT2D eigenvalue weighted by molar-refractivity contribution is -0.145. The topological polar surface area (TPSA) is 102 Å². The number of aromatic nitrogens is 2. The van der Waals surface area contributed by atoms with Crippen molar-refractivity contribution in [2.45, 2.75) is 31.8 Å². The number of rotatable bonds is 4. The molecule has 0 saturated carbocycles. The van der Waals surface area contributed by atoms with Crippen LogP contribution in [0.1, 0.15) is 36.3 Å². The standard InChI is InChI=1S/C13H17N3O5/c1-8(12(18)19)16-9(5-6-14-16)11(17)15-7-3-4-10(15)13(20)21-2/h5-6,8,10H,3-4,7H2,1-2H3,(H,18,19). The summed E-state index contributed by atoms with van der Waals surface area (Å²) in [5, 5.41) is 12.9. The molecule has 1 aromatic rings. The number of hydrogen-bond donors (Lipinski definition) is 1. The Balaban J connectivity index is 2.26. The molecule has 1 fully saturated rings. The van der Waals surface area contributed by atoms with Gasteiger partial charge >= 0.3 is 11.9 Å². The van der Waals surface area contributed by atoms with Gasteiger partial charge in [0, 0.05) is 12.7 Å². The van der Waals surface area contributed by atoms with Gasteiger partial charge in [0.15, 0.2) is 0 Å². The summed E-state index contributed by atoms with van der Waals surface area (Å²) in [6.07, 6.45) is 2.62. The van der Waals surface area contributed by atoms with Gasteiger partial charge in [0.1, 0.15) is 17.8 Å². The molecule has 21 heavy (non-hydrogen) atoms. The molecule has 0 bridgehead atoms. The van der Waals surface area contributed by atoms with Gasteiger partial charge in [0.2, 0.25) is 0 Å². The first-order valence-corrected chi connectivity index (χ1v) is 6.62. The third-order valence-electron chi connectivity index (χ3n) is 3.60. The van der Waals surface area contributed by atoms with E-state index in [1.54, 1.807) is 0 Å². The van der Waals surface area contributed by atoms with Gasteiger partial charge in [-0.05, 0) is 25.8 Å². The Morgan fingerprint density at radius 2 is 2.19 bits per heavy atom. The first kappa shape index (κ1) is 15.0. The fourth-order valence-corrected chi connectivity index (χ4v) is 2.43. The molecule has 2 rings (SSSR count). The second kappa shape index (κ2) is 5.94. The number of carbonyl (C=O) groups is 3. The summed E-state index contributed by atoms with van der Waals surface area (Å²) >= 11 is 0. The number of aliphatic carboxylic acids is 1. The second-order valence-corrected chi connectivity index (χ2v) is 4.85. The molecule has 1 N–H and O–H groups in total. The van der Waals surface area contributed by atoms with Crippen molar-refractivity contribution in [2.24, 2.45) is 0 Å². The monoisotopic (exact) mass is 295 g/mol. The van der Waals surface area contributed by atoms with Gasteiger partial charge in [-0.3, -0.25) is 4.79 Å². The molecule has 114 valence electrons. The summed E-state index contributed by atoms with van der Waals surface area (Å²) in [4.78, 5) is 36.7. The normalized spacial score (nSPS) is 19.3. The van der Waals surface area contributed by atoms with Crippen LogP contribution in [0.2, 0.25) is 0 Å². The van der Waals surface area contributed by atoms with Crippen LogP contribution in [-0.2, 0) is 14.3 Å². The Kier molecular flexibility index (Phi) is 4.25. The van der Waals surface area contributed by atoms with Crippen molar-refractivity contribution in [1.29, 1.82) is 0 Å². The number of carboxylic acid groups (broad SMARTS) is 1. The van der Waals surface area contributed by atoms with Crippen LogP contribution in [0.3, 0.4) is 0 Å². The Bertz CT molecular complexity index is 568. The first-order chi connectivity index (χ1) is 9.97. The van der Waals surface area contributed by atoms with E-state index < -0.39 is 29.9 Å². The van der Waals surface area contributed by atoms with Crippen LogP contribution in [0.25, 0.3) is 0 Å². The summed E-state index contributed by atoms with van der Waals surface area (Å²) in [5.41, 5.74) is 0.153. The van der Waals surface area contributed by atoms with Crippen molar-refractivity contribution in [3.8, 4) is 0 Å². The summed E-state index contributed by atoms with van der Waals surface area (Å²) in [6.45, 7) is 1.87. The van der Waals surface area contributed by atoms with E-state index in [1.807, 2.05) is 0 Å². The van der Waals surface area contributed by atoms with Crippen LogP contribution in [-0.4, -0.2) is 57.3 Å². The van der Waals surface area contributed by atoms with Gasteiger partial charge in [0.25, 0.3) is 5.91 Å². The molecule has 1 aliphatic rings. The summed E-state index contributed by atoms with van der Waals surface area (Å²) in [6, 6.07) is -0.127. The molecule has 1 aromatic heterocycles. The van der Waals surface area contributed by atoms with Gasteiger partial charge in [-0.2, -0.15) is 5.10 Å². The Hall–Kier alpha value is -2.38. The van der Waals surface area contributed by atoms with Crippen molar-refractivity contribution in [2.75, 3.05) is 13.7 Å². The van der Waals surface area contributed by atoms with Crippen LogP contribution in [0.5, 0.6) is 0 Å². The molecule has 2 heterocycles. The van der Waals surface area contributed by atoms with Gasteiger partial charge in [-0.1, -0.05) is 0 Å². The van der Waals surface area contributed by atoms with Crippen LogP contribution in [0, 0.1) is 0 Å². The largest absolute Gasteiger partial charge is 0.480 e. The molecule has 0 aliphatic carbocycles. The van der Waals surface area contributed by atoms with Gasteiger partial charge in [-0.15, -0.1) is 0 Å². The Labute approximate surface area is 121 Å². The number of likely N-dealkylation sites (tertiary alicyclic amines) is 1. The molecular formula is C13H17N3O5. The molecule has 1 aliphatic heterocycles. The lowest BCUT2D eigenvalue weighted by Crippen LogP contribution is -2.42. The predicted molar refractivity (Wildman–Crippen MR) is 70.6 cm³/mol. The van der Waals surface area contributed by atoms with E-state index >= 15 is 0 Å². The van der Waals surface area contributed by atoms with Crippen molar-refractivity contribution in [3.63, 3.8) is 0 Å². The highest BCUT2D eigenvalue weighted by Crippen LogP contribution is 2.22. The van der Waals surface area contributed by atoms with Crippen LogP contribution >= 0.6 is 0 Å². The zero-order chi connectivity index (χ0) is 15.6. The Morgan fingerprint density at radius 3 is 2.81 bits per heavy atom. The average Bonchev–Trinajstić information content (AvgIpc) is 3.13. The maximum Gasteiger partial charge on any atom is 0.328 e. The van der Waals surface area contributed by atoms with E-state index in [0.717, 1.165) is 4.68 Å². The van der Waals surface area contributed by atoms with Crippen LogP contribution < -0.4 is 0 Å². The molecule has 1 saturated heterocycles. The molecule has 2 unspecified atom stereocenters. The SMILES string of the molecule is COC(=O)C1CCCN1C(=O)c1ccnn1C(C)C(=O)O. The van der Waals surface area contributed by atoms with Gasteiger partial charge in [-0.25, -0.2) is 14.3 Å². The van der Waals surface area contributed by atoms with E-state index in [-0.39, 0.29) is 5.69 Å². The maximum atomic E-state index is 12.6. The zero-order valence-electron chi connectivity index (χ0n) is 11.9. The van der Waals surface area contributed by atoms with Crippen molar-refractivity contribution in [1.82, 2.24) is 14.7 Å². The first-order valence-electron chi connectivity index (χ1n) is 6.62. The minimum atomic E-state index is -1.08. The molecule has 0 spiro atoms. The number of carboxylic acids is 1. The number of carbonyl (C=O) groups excluding carboxylic acids is 2. The fourth-order valence-electron chi connectivity index (χ4n) is 2.43. The fraction of sp³-hybridized carbons (Fsp3) is 0.538. The van der Waals surface area contributed by atoms with Gasteiger partial charge < -0.3 is 14.7 Å². The zero-order valence-corrected chi connectivity index (χ0v) is 11.9. The van der Waals surface area contributed by atoms with Crippen molar-refractivity contribution >= 4 is 17.8 Å². The van der Waals surface area contributed by atoms with Crippen molar-refractivity contribution < 1.29 is 24.2 Å². The highest BCUT2D eigenvalue weighted by atomic mass is 16.5. The number of hydrogen-bond acceptors (Lipinski definition) is 5. The Morgan fingerprint density at radius 1 is 1.48 bits per heavy atom. The van der Waals surface area contributed by atoms with E-state index in [0.29, 0.717) is 19.4 Å². The maximum absolute atomic E-state index is 12.6. The van der Waals surface area contributed by atoms with Crippen LogP contribution in [0.4, 0.5) is 0 Å². The van der Waals surface area contributed by atoms with Crippen molar-refractivity contribution in [3.05, 3.63) is 18.0 Å². The number of esters is 1. The number of amides is 1. The molecule has 8 heteroatoms. The third kappa shape index (κ3) is 2.74. The molecule has 0 aromatic carbocycles. The summed E-state index contributed by atoms with van der Waals surface area (Å²) < 4.78 is 5.85. The molecular weight excluding hydrogens is 278 g/mol. The molecule has 0 radical (unpaired) electrons. The van der Waals surface area contributed by atoms with E-state index in [2.05, 4.69) is 5.10 Å². The quantitative estimate of drug-likeness (QED) is 0.802.